The molecule has 0 N–H and O–H groups in total. The van der Waals surface area contributed by atoms with E-state index in [1.807, 2.05) is 30.3 Å². The van der Waals surface area contributed by atoms with Crippen molar-refractivity contribution >= 4 is 17.4 Å². The van der Waals surface area contributed by atoms with Crippen LogP contribution >= 0.6 is 11.6 Å². The third kappa shape index (κ3) is 2.93. The Kier molecular flexibility index (Phi) is 4.28. The quantitative estimate of drug-likeness (QED) is 0.573. The second-order valence-corrected chi connectivity index (χ2v) is 7.33. The van der Waals surface area contributed by atoms with Crippen LogP contribution in [0.15, 0.2) is 59.7 Å². The summed E-state index contributed by atoms with van der Waals surface area (Å²) in [6.07, 6.45) is 6.29. The lowest BCUT2D eigenvalue weighted by molar-refractivity contribution is 0.102. The number of carbonyl (C=O) groups excluding carboxylic acids is 1. The minimum atomic E-state index is 0.275. The standard InChI is InChI=1S/C22H21ClO/c23-19-12-9-16(10-13-19)15-5-7-18(8-6-15)21-14-11-17-3-1-2-4-20(17)22(21)24/h1-4,9-10,12-13,15H,5-8,11,14H2. The van der Waals surface area contributed by atoms with E-state index in [9.17, 15) is 4.79 Å². The van der Waals surface area contributed by atoms with Gasteiger partial charge in [0, 0.05) is 10.6 Å². The van der Waals surface area contributed by atoms with Gasteiger partial charge in [-0.1, -0.05) is 53.6 Å². The summed E-state index contributed by atoms with van der Waals surface area (Å²) in [5, 5.41) is 0.795. The molecule has 0 spiro atoms. The lowest BCUT2D eigenvalue weighted by atomic mass is 9.76. The molecule has 0 heterocycles. The van der Waals surface area contributed by atoms with E-state index in [4.69, 9.17) is 11.6 Å². The molecule has 0 saturated heterocycles. The molecule has 0 aliphatic heterocycles. The van der Waals surface area contributed by atoms with E-state index in [1.165, 1.54) is 16.7 Å². The summed E-state index contributed by atoms with van der Waals surface area (Å²) in [5.41, 5.74) is 6.01. The molecule has 2 heteroatoms. The number of hydrogen-bond acceptors (Lipinski definition) is 1. The van der Waals surface area contributed by atoms with E-state index < -0.39 is 0 Å². The number of halogens is 1. The molecular weight excluding hydrogens is 316 g/mol. The normalized spacial score (nSPS) is 20.9. The first-order valence-electron chi connectivity index (χ1n) is 8.81. The topological polar surface area (TPSA) is 17.1 Å². The second-order valence-electron chi connectivity index (χ2n) is 6.89. The van der Waals surface area contributed by atoms with E-state index >= 15 is 0 Å². The van der Waals surface area contributed by atoms with Crippen molar-refractivity contribution in [2.24, 2.45) is 0 Å². The zero-order chi connectivity index (χ0) is 16.5. The SMILES string of the molecule is O=C1C(=C2CCC(c3ccc(Cl)cc3)CC2)CCc2ccccc21. The van der Waals surface area contributed by atoms with Gasteiger partial charge < -0.3 is 0 Å². The number of Topliss-reactive ketones (excluding diaryl/α,β-unsaturated/α-hetero) is 1. The van der Waals surface area contributed by atoms with Crippen molar-refractivity contribution in [1.82, 2.24) is 0 Å². The Morgan fingerprint density at radius 2 is 1.54 bits per heavy atom. The van der Waals surface area contributed by atoms with Crippen LogP contribution in [0, 0.1) is 0 Å². The van der Waals surface area contributed by atoms with E-state index in [-0.39, 0.29) is 5.78 Å². The molecule has 0 radical (unpaired) electrons. The van der Waals surface area contributed by atoms with Gasteiger partial charge in [0.2, 0.25) is 0 Å². The van der Waals surface area contributed by atoms with Crippen molar-refractivity contribution < 1.29 is 4.79 Å². The monoisotopic (exact) mass is 336 g/mol. The molecule has 2 aromatic carbocycles. The maximum Gasteiger partial charge on any atom is 0.189 e. The van der Waals surface area contributed by atoms with Crippen LogP contribution in [0.4, 0.5) is 0 Å². The predicted molar refractivity (Wildman–Crippen MR) is 98.8 cm³/mol. The van der Waals surface area contributed by atoms with Gasteiger partial charge in [0.05, 0.1) is 0 Å². The highest BCUT2D eigenvalue weighted by Crippen LogP contribution is 2.39. The molecule has 0 bridgehead atoms. The highest BCUT2D eigenvalue weighted by molar-refractivity contribution is 6.30. The molecule has 122 valence electrons. The van der Waals surface area contributed by atoms with Crippen molar-refractivity contribution in [2.75, 3.05) is 0 Å². The molecule has 0 atom stereocenters. The molecule has 24 heavy (non-hydrogen) atoms. The van der Waals surface area contributed by atoms with E-state index in [0.717, 1.165) is 54.7 Å². The highest BCUT2D eigenvalue weighted by atomic mass is 35.5. The van der Waals surface area contributed by atoms with E-state index in [0.29, 0.717) is 5.92 Å². The number of rotatable bonds is 1. The summed E-state index contributed by atoms with van der Waals surface area (Å²) in [5.74, 6) is 0.870. The maximum absolute atomic E-state index is 12.8. The highest BCUT2D eigenvalue weighted by Gasteiger charge is 2.27. The van der Waals surface area contributed by atoms with Crippen LogP contribution in [-0.4, -0.2) is 5.78 Å². The third-order valence-corrected chi connectivity index (χ3v) is 5.79. The number of carbonyl (C=O) groups is 1. The average molecular weight is 337 g/mol. The van der Waals surface area contributed by atoms with Gasteiger partial charge in [0.1, 0.15) is 0 Å². The van der Waals surface area contributed by atoms with E-state index in [1.54, 1.807) is 0 Å². The largest absolute Gasteiger partial charge is 0.289 e. The van der Waals surface area contributed by atoms with Gasteiger partial charge in [-0.05, 0) is 73.3 Å². The Morgan fingerprint density at radius 3 is 2.29 bits per heavy atom. The summed E-state index contributed by atoms with van der Waals surface area (Å²) in [4.78, 5) is 12.8. The lowest BCUT2D eigenvalue weighted by Gasteiger charge is -2.28. The summed E-state index contributed by atoms with van der Waals surface area (Å²) in [6, 6.07) is 16.3. The fourth-order valence-electron chi connectivity index (χ4n) is 4.17. The van der Waals surface area contributed by atoms with Crippen molar-refractivity contribution in [1.29, 1.82) is 0 Å². The molecule has 1 fully saturated rings. The van der Waals surface area contributed by atoms with Crippen LogP contribution in [0.25, 0.3) is 0 Å². The van der Waals surface area contributed by atoms with Crippen molar-refractivity contribution in [2.45, 2.75) is 44.4 Å². The van der Waals surface area contributed by atoms with Crippen LogP contribution in [-0.2, 0) is 6.42 Å². The lowest BCUT2D eigenvalue weighted by Crippen LogP contribution is -2.18. The zero-order valence-electron chi connectivity index (χ0n) is 13.7. The minimum absolute atomic E-state index is 0.275. The predicted octanol–water partition coefficient (Wildman–Crippen LogP) is 6.12. The molecule has 2 aromatic rings. The van der Waals surface area contributed by atoms with Crippen molar-refractivity contribution in [3.05, 3.63) is 81.4 Å². The number of aryl methyl sites for hydroxylation is 1. The molecule has 2 aliphatic rings. The molecule has 0 amide bonds. The van der Waals surface area contributed by atoms with Gasteiger partial charge in [-0.2, -0.15) is 0 Å². The Balaban J connectivity index is 1.52. The van der Waals surface area contributed by atoms with Crippen molar-refractivity contribution in [3.63, 3.8) is 0 Å². The van der Waals surface area contributed by atoms with Crippen LogP contribution in [0.1, 0.15) is 59.5 Å². The maximum atomic E-state index is 12.8. The van der Waals surface area contributed by atoms with Crippen LogP contribution in [0.2, 0.25) is 5.02 Å². The molecule has 0 unspecified atom stereocenters. The van der Waals surface area contributed by atoms with Gasteiger partial charge in [-0.25, -0.2) is 0 Å². The fourth-order valence-corrected chi connectivity index (χ4v) is 4.30. The summed E-state index contributed by atoms with van der Waals surface area (Å²) in [7, 11) is 0. The Bertz CT molecular complexity index is 791. The van der Waals surface area contributed by atoms with Gasteiger partial charge in [-0.3, -0.25) is 4.79 Å². The Labute approximate surface area is 148 Å². The first-order chi connectivity index (χ1) is 11.7. The van der Waals surface area contributed by atoms with Gasteiger partial charge in [-0.15, -0.1) is 0 Å². The summed E-state index contributed by atoms with van der Waals surface area (Å²) < 4.78 is 0. The van der Waals surface area contributed by atoms with Gasteiger partial charge in [0.15, 0.2) is 5.78 Å². The van der Waals surface area contributed by atoms with E-state index in [2.05, 4.69) is 18.2 Å². The minimum Gasteiger partial charge on any atom is -0.289 e. The fraction of sp³-hybridized carbons (Fsp3) is 0.318. The zero-order valence-corrected chi connectivity index (χ0v) is 14.5. The smallest absolute Gasteiger partial charge is 0.189 e. The molecule has 4 rings (SSSR count). The number of ketones is 1. The summed E-state index contributed by atoms with van der Waals surface area (Å²) in [6.45, 7) is 0. The molecule has 1 nitrogen and oxygen atoms in total. The number of allylic oxidation sites excluding steroid dienone is 2. The van der Waals surface area contributed by atoms with Crippen LogP contribution in [0.5, 0.6) is 0 Å². The summed E-state index contributed by atoms with van der Waals surface area (Å²) >= 11 is 5.99. The molecular formula is C22H21ClO. The Hall–Kier alpha value is -1.86. The molecule has 1 saturated carbocycles. The second kappa shape index (κ2) is 6.57. The molecule has 2 aliphatic carbocycles. The number of hydrogen-bond donors (Lipinski definition) is 0. The van der Waals surface area contributed by atoms with Crippen LogP contribution < -0.4 is 0 Å². The first-order valence-corrected chi connectivity index (χ1v) is 9.19. The number of fused-ring (bicyclic) bond motifs is 1. The van der Waals surface area contributed by atoms with Crippen molar-refractivity contribution in [3.8, 4) is 0 Å². The van der Waals surface area contributed by atoms with Gasteiger partial charge in [0.25, 0.3) is 0 Å². The average Bonchev–Trinajstić information content (AvgIpc) is 2.63. The van der Waals surface area contributed by atoms with Crippen LogP contribution in [0.3, 0.4) is 0 Å². The molecule has 0 aromatic heterocycles. The Morgan fingerprint density at radius 1 is 0.833 bits per heavy atom. The first kappa shape index (κ1) is 15.7. The van der Waals surface area contributed by atoms with Gasteiger partial charge >= 0.3 is 0 Å². The third-order valence-electron chi connectivity index (χ3n) is 5.54. The number of benzene rings is 2.